The number of carbonyl (C=O) groups excluding carboxylic acids is 2. The van der Waals surface area contributed by atoms with E-state index in [9.17, 15) is 9.59 Å². The van der Waals surface area contributed by atoms with Gasteiger partial charge in [0.25, 0.3) is 11.8 Å². The molecule has 4 aromatic rings. The van der Waals surface area contributed by atoms with Crippen LogP contribution in [0.15, 0.2) is 88.9 Å². The Hall–Kier alpha value is -3.71. The van der Waals surface area contributed by atoms with E-state index in [1.165, 1.54) is 15.9 Å². The van der Waals surface area contributed by atoms with Gasteiger partial charge in [0.15, 0.2) is 5.11 Å². The third-order valence-electron chi connectivity index (χ3n) is 6.13. The van der Waals surface area contributed by atoms with Gasteiger partial charge in [0, 0.05) is 5.56 Å². The predicted octanol–water partition coefficient (Wildman–Crippen LogP) is 7.62. The number of amides is 2. The van der Waals surface area contributed by atoms with Crippen LogP contribution in [0.25, 0.3) is 17.4 Å². The zero-order valence-corrected chi connectivity index (χ0v) is 22.2. The number of hydrogen-bond donors (Lipinski definition) is 0. The molecular weight excluding hydrogens is 527 g/mol. The molecule has 0 N–H and O–H groups in total. The van der Waals surface area contributed by atoms with Gasteiger partial charge in [0.2, 0.25) is 0 Å². The number of anilines is 2. The van der Waals surface area contributed by atoms with Crippen molar-refractivity contribution >= 4 is 69.8 Å². The predicted molar refractivity (Wildman–Crippen MR) is 152 cm³/mol. The molecule has 8 heteroatoms. The minimum Gasteiger partial charge on any atom is -0.457 e. The van der Waals surface area contributed by atoms with Crippen LogP contribution in [0.5, 0.6) is 0 Å². The molecule has 5 rings (SSSR count). The van der Waals surface area contributed by atoms with Crippen LogP contribution in [0.2, 0.25) is 10.0 Å². The summed E-state index contributed by atoms with van der Waals surface area (Å²) in [6.07, 6.45) is 1.44. The Kier molecular flexibility index (Phi) is 6.73. The summed E-state index contributed by atoms with van der Waals surface area (Å²) < 4.78 is 5.96. The molecule has 3 aromatic carbocycles. The highest BCUT2D eigenvalue weighted by atomic mass is 35.5. The summed E-state index contributed by atoms with van der Waals surface area (Å²) in [5.41, 5.74) is 3.85. The molecule has 184 valence electrons. The van der Waals surface area contributed by atoms with Crippen molar-refractivity contribution in [3.63, 3.8) is 0 Å². The van der Waals surface area contributed by atoms with Crippen molar-refractivity contribution in [2.75, 3.05) is 9.80 Å². The molecule has 1 aliphatic heterocycles. The molecule has 1 fully saturated rings. The van der Waals surface area contributed by atoms with E-state index >= 15 is 0 Å². The molecule has 0 unspecified atom stereocenters. The summed E-state index contributed by atoms with van der Waals surface area (Å²) in [7, 11) is 0. The van der Waals surface area contributed by atoms with Gasteiger partial charge in [-0.15, -0.1) is 0 Å². The molecule has 0 bridgehead atoms. The number of halogens is 2. The maximum Gasteiger partial charge on any atom is 0.270 e. The molecule has 1 saturated heterocycles. The van der Waals surface area contributed by atoms with Crippen LogP contribution in [0.3, 0.4) is 0 Å². The zero-order valence-electron chi connectivity index (χ0n) is 19.9. The normalized spacial score (nSPS) is 15.1. The number of aryl methyl sites for hydroxylation is 2. The monoisotopic (exact) mass is 546 g/mol. The average Bonchev–Trinajstić information content (AvgIpc) is 3.35. The lowest BCUT2D eigenvalue weighted by molar-refractivity contribution is -0.120. The first-order valence-electron chi connectivity index (χ1n) is 11.4. The number of carbonyl (C=O) groups is 2. The van der Waals surface area contributed by atoms with E-state index in [1.807, 2.05) is 50.2 Å². The van der Waals surface area contributed by atoms with E-state index in [0.29, 0.717) is 38.5 Å². The maximum atomic E-state index is 13.7. The van der Waals surface area contributed by atoms with Gasteiger partial charge < -0.3 is 4.42 Å². The smallest absolute Gasteiger partial charge is 0.270 e. The maximum absolute atomic E-state index is 13.7. The fourth-order valence-electron chi connectivity index (χ4n) is 4.00. The highest BCUT2D eigenvalue weighted by Gasteiger charge is 2.41. The summed E-state index contributed by atoms with van der Waals surface area (Å²) in [6, 6.07) is 23.2. The van der Waals surface area contributed by atoms with E-state index in [0.717, 1.165) is 11.1 Å². The van der Waals surface area contributed by atoms with Crippen LogP contribution in [0.4, 0.5) is 11.4 Å². The zero-order chi connectivity index (χ0) is 26.3. The number of rotatable bonds is 4. The van der Waals surface area contributed by atoms with E-state index in [1.54, 1.807) is 42.5 Å². The molecular formula is C29H20Cl2N2O3S. The standard InChI is InChI=1S/C29H20Cl2N2O3S/c1-17-8-10-21(14-18(17)2)33-28(35)23(27(34)32(29(33)37)20-6-4-3-5-7-20)16-22-11-13-26(36-22)19-9-12-24(30)25(31)15-19/h3-16H,1-2H3/b23-16-. The molecule has 1 aliphatic rings. The highest BCUT2D eigenvalue weighted by Crippen LogP contribution is 2.33. The molecule has 0 aliphatic carbocycles. The molecule has 5 nitrogen and oxygen atoms in total. The van der Waals surface area contributed by atoms with E-state index in [2.05, 4.69) is 0 Å². The van der Waals surface area contributed by atoms with Gasteiger partial charge in [-0.05, 0) is 97.9 Å². The van der Waals surface area contributed by atoms with Crippen molar-refractivity contribution in [1.82, 2.24) is 0 Å². The summed E-state index contributed by atoms with van der Waals surface area (Å²) in [5, 5.41) is 0.905. The molecule has 2 amide bonds. The third-order valence-corrected chi connectivity index (χ3v) is 7.23. The van der Waals surface area contributed by atoms with Crippen molar-refractivity contribution in [1.29, 1.82) is 0 Å². The molecule has 37 heavy (non-hydrogen) atoms. The number of thiocarbonyl (C=S) groups is 1. The average molecular weight is 547 g/mol. The van der Waals surface area contributed by atoms with Gasteiger partial charge in [0.05, 0.1) is 21.4 Å². The minimum absolute atomic E-state index is 0.0780. The van der Waals surface area contributed by atoms with Crippen LogP contribution in [-0.4, -0.2) is 16.9 Å². The lowest BCUT2D eigenvalue weighted by Crippen LogP contribution is -2.57. The second-order valence-electron chi connectivity index (χ2n) is 8.56. The summed E-state index contributed by atoms with van der Waals surface area (Å²) in [5.74, 6) is -0.215. The Balaban J connectivity index is 1.60. The van der Waals surface area contributed by atoms with Crippen LogP contribution >= 0.6 is 35.4 Å². The molecule has 2 heterocycles. The van der Waals surface area contributed by atoms with Crippen molar-refractivity contribution in [2.45, 2.75) is 13.8 Å². The first-order chi connectivity index (χ1) is 17.7. The van der Waals surface area contributed by atoms with Crippen LogP contribution in [0.1, 0.15) is 16.9 Å². The van der Waals surface area contributed by atoms with Crippen molar-refractivity contribution in [2.24, 2.45) is 0 Å². The van der Waals surface area contributed by atoms with Crippen LogP contribution < -0.4 is 9.80 Å². The van der Waals surface area contributed by atoms with E-state index in [4.69, 9.17) is 39.8 Å². The summed E-state index contributed by atoms with van der Waals surface area (Å²) in [4.78, 5) is 30.1. The summed E-state index contributed by atoms with van der Waals surface area (Å²) >= 11 is 17.9. The van der Waals surface area contributed by atoms with Gasteiger partial charge in [-0.1, -0.05) is 47.5 Å². The number of hydrogen-bond acceptors (Lipinski definition) is 4. The number of benzene rings is 3. The Bertz CT molecular complexity index is 1590. The lowest BCUT2D eigenvalue weighted by Gasteiger charge is -2.36. The fourth-order valence-corrected chi connectivity index (χ4v) is 4.68. The van der Waals surface area contributed by atoms with Crippen molar-refractivity contribution < 1.29 is 14.0 Å². The number of furan rings is 1. The van der Waals surface area contributed by atoms with E-state index < -0.39 is 11.8 Å². The third kappa shape index (κ3) is 4.71. The minimum atomic E-state index is -0.534. The van der Waals surface area contributed by atoms with Gasteiger partial charge in [-0.3, -0.25) is 19.4 Å². The van der Waals surface area contributed by atoms with Crippen LogP contribution in [0, 0.1) is 13.8 Å². The highest BCUT2D eigenvalue weighted by molar-refractivity contribution is 7.81. The summed E-state index contributed by atoms with van der Waals surface area (Å²) in [6.45, 7) is 3.95. The second kappa shape index (κ2) is 9.98. The Morgan fingerprint density at radius 1 is 0.757 bits per heavy atom. The Morgan fingerprint density at radius 2 is 1.46 bits per heavy atom. The molecule has 0 saturated carbocycles. The second-order valence-corrected chi connectivity index (χ2v) is 9.74. The SMILES string of the molecule is Cc1ccc(N2C(=O)/C(=C\c3ccc(-c4ccc(Cl)c(Cl)c4)o3)C(=O)N(c3ccccc3)C2=S)cc1C. The lowest BCUT2D eigenvalue weighted by atomic mass is 10.1. The van der Waals surface area contributed by atoms with Gasteiger partial charge >= 0.3 is 0 Å². The Labute approximate surface area is 229 Å². The number of para-hydroxylation sites is 1. The fraction of sp³-hybridized carbons (Fsp3) is 0.0690. The number of nitrogens with zero attached hydrogens (tertiary/aromatic N) is 2. The molecule has 0 spiro atoms. The van der Waals surface area contributed by atoms with Gasteiger partial charge in [0.1, 0.15) is 17.1 Å². The van der Waals surface area contributed by atoms with Gasteiger partial charge in [-0.2, -0.15) is 0 Å². The Morgan fingerprint density at radius 3 is 2.14 bits per heavy atom. The van der Waals surface area contributed by atoms with Gasteiger partial charge in [-0.25, -0.2) is 0 Å². The molecule has 1 aromatic heterocycles. The van der Waals surface area contributed by atoms with Crippen molar-refractivity contribution in [3.8, 4) is 11.3 Å². The first kappa shape index (κ1) is 25.0. The van der Waals surface area contributed by atoms with Crippen molar-refractivity contribution in [3.05, 3.63) is 111 Å². The largest absolute Gasteiger partial charge is 0.457 e. The topological polar surface area (TPSA) is 53.8 Å². The van der Waals surface area contributed by atoms with E-state index in [-0.39, 0.29) is 10.7 Å². The quantitative estimate of drug-likeness (QED) is 0.150. The molecule has 0 atom stereocenters. The first-order valence-corrected chi connectivity index (χ1v) is 12.5. The van der Waals surface area contributed by atoms with Crippen LogP contribution in [-0.2, 0) is 9.59 Å². The molecule has 0 radical (unpaired) electrons.